The highest BCUT2D eigenvalue weighted by atomic mass is 32.2. The highest BCUT2D eigenvalue weighted by Gasteiger charge is 2.15. The minimum atomic E-state index is -3.81. The van der Waals surface area contributed by atoms with Crippen LogP contribution in [0.15, 0.2) is 66.1 Å². The van der Waals surface area contributed by atoms with Gasteiger partial charge in [-0.1, -0.05) is 19.8 Å². The third-order valence-electron chi connectivity index (χ3n) is 4.41. The van der Waals surface area contributed by atoms with Gasteiger partial charge < -0.3 is 10.1 Å². The van der Waals surface area contributed by atoms with Crippen LogP contribution in [-0.4, -0.2) is 42.2 Å². The highest BCUT2D eigenvalue weighted by Crippen LogP contribution is 2.16. The molecule has 164 valence electrons. The average Bonchev–Trinajstić information content (AvgIpc) is 3.31. The summed E-state index contributed by atoms with van der Waals surface area (Å²) in [6.07, 6.45) is 6.14. The molecule has 0 spiro atoms. The first kappa shape index (κ1) is 22.4. The first-order valence-corrected chi connectivity index (χ1v) is 11.4. The second-order valence-electron chi connectivity index (χ2n) is 6.79. The maximum Gasteiger partial charge on any atom is 0.241 e. The van der Waals surface area contributed by atoms with Crippen molar-refractivity contribution in [2.45, 2.75) is 31.1 Å². The lowest BCUT2D eigenvalue weighted by Gasteiger charge is -2.10. The molecule has 0 unspecified atom stereocenters. The number of nitrogens with zero attached hydrogens (tertiary/aromatic N) is 3. The largest absolute Gasteiger partial charge is 0.494 e. The molecule has 0 bridgehead atoms. The summed E-state index contributed by atoms with van der Waals surface area (Å²) in [5.41, 5.74) is 1.33. The number of rotatable bonds is 11. The van der Waals surface area contributed by atoms with E-state index in [9.17, 15) is 13.2 Å². The monoisotopic (exact) mass is 443 g/mol. The molecule has 0 aliphatic carbocycles. The van der Waals surface area contributed by atoms with Crippen LogP contribution in [0.1, 0.15) is 26.2 Å². The van der Waals surface area contributed by atoms with Crippen LogP contribution in [0.4, 0.5) is 5.69 Å². The number of ether oxygens (including phenoxy) is 1. The van der Waals surface area contributed by atoms with Crippen LogP contribution in [0.25, 0.3) is 5.69 Å². The molecule has 2 aromatic carbocycles. The maximum absolute atomic E-state index is 12.4. The van der Waals surface area contributed by atoms with Crippen LogP contribution in [0.5, 0.6) is 5.75 Å². The van der Waals surface area contributed by atoms with Gasteiger partial charge >= 0.3 is 0 Å². The molecule has 0 atom stereocenters. The normalized spacial score (nSPS) is 11.3. The van der Waals surface area contributed by atoms with Crippen molar-refractivity contribution < 1.29 is 17.9 Å². The maximum atomic E-state index is 12.4. The van der Waals surface area contributed by atoms with E-state index in [2.05, 4.69) is 27.0 Å². The minimum absolute atomic E-state index is 0.0680. The van der Waals surface area contributed by atoms with Gasteiger partial charge in [0.15, 0.2) is 0 Å². The Morgan fingerprint density at radius 1 is 1.06 bits per heavy atom. The lowest BCUT2D eigenvalue weighted by molar-refractivity contribution is -0.115. The molecule has 2 N–H and O–H groups in total. The van der Waals surface area contributed by atoms with E-state index in [0.717, 1.165) is 24.9 Å². The number of aromatic nitrogens is 3. The van der Waals surface area contributed by atoms with Gasteiger partial charge in [-0.15, -0.1) is 0 Å². The molecule has 1 amide bonds. The lowest BCUT2D eigenvalue weighted by atomic mass is 10.3. The number of carbonyl (C=O) groups excluding carboxylic acids is 1. The standard InChI is InChI=1S/C21H25N5O4S/c1-2-3-4-13-30-19-9-11-20(12-10-19)31(28,29)24-14-21(27)25-17-5-7-18(8-6-17)26-16-22-15-23-26/h5-12,15-16,24H,2-4,13-14H2,1H3,(H,25,27). The lowest BCUT2D eigenvalue weighted by Crippen LogP contribution is -2.32. The molecule has 0 aliphatic rings. The molecule has 0 radical (unpaired) electrons. The van der Waals surface area contributed by atoms with Crippen LogP contribution in [0.2, 0.25) is 0 Å². The Labute approximate surface area is 181 Å². The van der Waals surface area contributed by atoms with Crippen LogP contribution >= 0.6 is 0 Å². The first-order chi connectivity index (χ1) is 15.0. The molecule has 3 rings (SSSR count). The topological polar surface area (TPSA) is 115 Å². The van der Waals surface area contributed by atoms with Crippen molar-refractivity contribution >= 4 is 21.6 Å². The average molecular weight is 444 g/mol. The van der Waals surface area contributed by atoms with Gasteiger partial charge in [-0.05, 0) is 55.0 Å². The third kappa shape index (κ3) is 6.63. The van der Waals surface area contributed by atoms with Crippen LogP contribution in [0.3, 0.4) is 0 Å². The Morgan fingerprint density at radius 2 is 1.81 bits per heavy atom. The fraction of sp³-hybridized carbons (Fsp3) is 0.286. The Balaban J connectivity index is 1.49. The van der Waals surface area contributed by atoms with Gasteiger partial charge in [0.2, 0.25) is 15.9 Å². The Morgan fingerprint density at radius 3 is 2.45 bits per heavy atom. The number of benzene rings is 2. The predicted molar refractivity (Wildman–Crippen MR) is 117 cm³/mol. The molecule has 0 saturated heterocycles. The number of hydrogen-bond donors (Lipinski definition) is 2. The fourth-order valence-electron chi connectivity index (χ4n) is 2.75. The van der Waals surface area contributed by atoms with Crippen molar-refractivity contribution in [3.63, 3.8) is 0 Å². The van der Waals surface area contributed by atoms with Crippen molar-refractivity contribution in [1.82, 2.24) is 19.5 Å². The molecule has 1 heterocycles. The van der Waals surface area contributed by atoms with E-state index in [4.69, 9.17) is 4.74 Å². The van der Waals surface area contributed by atoms with Gasteiger partial charge in [-0.2, -0.15) is 5.10 Å². The van der Waals surface area contributed by atoms with Crippen molar-refractivity contribution in [1.29, 1.82) is 0 Å². The van der Waals surface area contributed by atoms with E-state index in [0.29, 0.717) is 18.0 Å². The fourth-order valence-corrected chi connectivity index (χ4v) is 3.73. The number of amides is 1. The summed E-state index contributed by atoms with van der Waals surface area (Å²) in [5.74, 6) is 0.134. The van der Waals surface area contributed by atoms with Gasteiger partial charge in [0, 0.05) is 5.69 Å². The van der Waals surface area contributed by atoms with Gasteiger partial charge in [0.05, 0.1) is 23.7 Å². The van der Waals surface area contributed by atoms with Gasteiger partial charge in [-0.25, -0.2) is 22.8 Å². The smallest absolute Gasteiger partial charge is 0.241 e. The summed E-state index contributed by atoms with van der Waals surface area (Å²) >= 11 is 0. The third-order valence-corrected chi connectivity index (χ3v) is 5.82. The Hall–Kier alpha value is -3.24. The second kappa shape index (κ2) is 10.7. The van der Waals surface area contributed by atoms with E-state index in [1.807, 2.05) is 0 Å². The number of nitrogens with one attached hydrogen (secondary N) is 2. The number of sulfonamides is 1. The SMILES string of the molecule is CCCCCOc1ccc(S(=O)(=O)NCC(=O)Nc2ccc(-n3cncn3)cc2)cc1. The van der Waals surface area contributed by atoms with Crippen LogP contribution < -0.4 is 14.8 Å². The molecule has 0 aliphatic heterocycles. The van der Waals surface area contributed by atoms with Gasteiger partial charge in [0.25, 0.3) is 0 Å². The summed E-state index contributed by atoms with van der Waals surface area (Å²) in [7, 11) is -3.81. The number of carbonyl (C=O) groups is 1. The van der Waals surface area contributed by atoms with Crippen molar-refractivity contribution in [2.24, 2.45) is 0 Å². The molecular formula is C21H25N5O4S. The van der Waals surface area contributed by atoms with E-state index in [1.54, 1.807) is 47.4 Å². The van der Waals surface area contributed by atoms with E-state index in [1.165, 1.54) is 18.5 Å². The van der Waals surface area contributed by atoms with Crippen LogP contribution in [0, 0.1) is 0 Å². The van der Waals surface area contributed by atoms with Crippen molar-refractivity contribution in [2.75, 3.05) is 18.5 Å². The minimum Gasteiger partial charge on any atom is -0.494 e. The molecule has 1 aromatic heterocycles. The summed E-state index contributed by atoms with van der Waals surface area (Å²) in [6, 6.07) is 13.1. The number of hydrogen-bond acceptors (Lipinski definition) is 6. The molecule has 31 heavy (non-hydrogen) atoms. The number of anilines is 1. The number of unbranched alkanes of at least 4 members (excludes halogenated alkanes) is 2. The van der Waals surface area contributed by atoms with Gasteiger partial charge in [-0.3, -0.25) is 4.79 Å². The predicted octanol–water partition coefficient (Wildman–Crippen LogP) is 2.75. The van der Waals surface area contributed by atoms with E-state index >= 15 is 0 Å². The molecular weight excluding hydrogens is 418 g/mol. The van der Waals surface area contributed by atoms with E-state index in [-0.39, 0.29) is 11.4 Å². The zero-order valence-electron chi connectivity index (χ0n) is 17.2. The van der Waals surface area contributed by atoms with Crippen molar-refractivity contribution in [3.05, 3.63) is 61.2 Å². The van der Waals surface area contributed by atoms with Crippen molar-refractivity contribution in [3.8, 4) is 11.4 Å². The summed E-state index contributed by atoms with van der Waals surface area (Å²) < 4.78 is 34.3. The Kier molecular flexibility index (Phi) is 7.74. The van der Waals surface area contributed by atoms with Gasteiger partial charge in [0.1, 0.15) is 18.4 Å². The molecule has 0 saturated carbocycles. The summed E-state index contributed by atoms with van der Waals surface area (Å²) in [6.45, 7) is 2.32. The molecule has 3 aromatic rings. The highest BCUT2D eigenvalue weighted by molar-refractivity contribution is 7.89. The summed E-state index contributed by atoms with van der Waals surface area (Å²) in [4.78, 5) is 16.1. The zero-order chi connectivity index (χ0) is 22.1. The first-order valence-electron chi connectivity index (χ1n) is 9.95. The summed E-state index contributed by atoms with van der Waals surface area (Å²) in [5, 5.41) is 6.67. The molecule has 10 heteroatoms. The Bertz CT molecular complexity index is 1070. The molecule has 0 fully saturated rings. The second-order valence-corrected chi connectivity index (χ2v) is 8.55. The van der Waals surface area contributed by atoms with E-state index < -0.39 is 15.9 Å². The van der Waals surface area contributed by atoms with Crippen LogP contribution in [-0.2, 0) is 14.8 Å². The quantitative estimate of drug-likeness (QED) is 0.440. The zero-order valence-corrected chi connectivity index (χ0v) is 18.0. The molecule has 9 nitrogen and oxygen atoms in total.